The number of carbonyl (C=O) groups excluding carboxylic acids is 2. The third-order valence-corrected chi connectivity index (χ3v) is 10.1. The summed E-state index contributed by atoms with van der Waals surface area (Å²) in [7, 11) is -3.61. The number of rotatable bonds is 9. The van der Waals surface area contributed by atoms with Crippen LogP contribution < -0.4 is 9.83 Å². The van der Waals surface area contributed by atoms with Crippen molar-refractivity contribution < 1.29 is 28.2 Å². The average molecular weight is 684 g/mol. The predicted octanol–water partition coefficient (Wildman–Crippen LogP) is 7.67. The van der Waals surface area contributed by atoms with Crippen LogP contribution in [-0.2, 0) is 36.8 Å². The van der Waals surface area contributed by atoms with E-state index in [0.29, 0.717) is 11.1 Å². The zero-order chi connectivity index (χ0) is 28.1. The summed E-state index contributed by atoms with van der Waals surface area (Å²) >= 11 is 6.77. The molecular formula is C31H25Br2O6P. The monoisotopic (exact) mass is 682 g/mol. The predicted molar refractivity (Wildman–Crippen MR) is 161 cm³/mol. The molecular weight excluding hydrogens is 659 g/mol. The summed E-state index contributed by atoms with van der Waals surface area (Å²) in [6.45, 7) is 0.0677. The highest BCUT2D eigenvalue weighted by Crippen LogP contribution is 2.55. The van der Waals surface area contributed by atoms with Gasteiger partial charge < -0.3 is 14.0 Å². The SMILES string of the molecule is O=C(CC(CP1(=O)Oc2ccccc2-c2ccccc21)C(=O)OCc1ccc(Br)cc1)OCc1ccc(Br)cc1. The first-order chi connectivity index (χ1) is 19.3. The van der Waals surface area contributed by atoms with E-state index in [2.05, 4.69) is 31.9 Å². The normalized spacial score (nSPS) is 16.1. The maximum absolute atomic E-state index is 14.4. The molecule has 4 aromatic rings. The van der Waals surface area contributed by atoms with E-state index in [1.54, 1.807) is 24.3 Å². The van der Waals surface area contributed by atoms with Crippen LogP contribution in [0.1, 0.15) is 17.5 Å². The highest BCUT2D eigenvalue weighted by molar-refractivity contribution is 9.10. The van der Waals surface area contributed by atoms with Crippen LogP contribution in [-0.4, -0.2) is 18.1 Å². The van der Waals surface area contributed by atoms with E-state index in [1.165, 1.54) is 0 Å². The molecule has 0 aliphatic carbocycles. The zero-order valence-corrected chi connectivity index (χ0v) is 25.4. The molecule has 0 fully saturated rings. The second-order valence-electron chi connectivity index (χ2n) is 9.38. The van der Waals surface area contributed by atoms with Gasteiger partial charge in [-0.25, -0.2) is 0 Å². The van der Waals surface area contributed by atoms with Gasteiger partial charge in [0.15, 0.2) is 0 Å². The molecule has 1 aliphatic rings. The van der Waals surface area contributed by atoms with Crippen LogP contribution in [0.5, 0.6) is 5.75 Å². The minimum Gasteiger partial charge on any atom is -0.461 e. The van der Waals surface area contributed by atoms with Crippen molar-refractivity contribution in [1.29, 1.82) is 0 Å². The van der Waals surface area contributed by atoms with Gasteiger partial charge in [0.05, 0.1) is 23.8 Å². The Morgan fingerprint density at radius 1 is 0.725 bits per heavy atom. The number of hydrogen-bond donors (Lipinski definition) is 0. The molecule has 2 unspecified atom stereocenters. The molecule has 1 aliphatic heterocycles. The Kier molecular flexibility index (Phi) is 8.89. The minimum absolute atomic E-state index is 0.0150. The first-order valence-electron chi connectivity index (χ1n) is 12.6. The van der Waals surface area contributed by atoms with Gasteiger partial charge in [-0.05, 0) is 53.1 Å². The summed E-state index contributed by atoms with van der Waals surface area (Å²) in [6, 6.07) is 29.4. The number of para-hydroxylation sites is 1. The lowest BCUT2D eigenvalue weighted by molar-refractivity contribution is -0.155. The van der Waals surface area contributed by atoms with Gasteiger partial charge in [-0.15, -0.1) is 0 Å². The Labute approximate surface area is 249 Å². The van der Waals surface area contributed by atoms with E-state index in [-0.39, 0.29) is 25.8 Å². The molecule has 40 heavy (non-hydrogen) atoms. The van der Waals surface area contributed by atoms with Crippen molar-refractivity contribution in [1.82, 2.24) is 0 Å². The molecule has 9 heteroatoms. The maximum atomic E-state index is 14.4. The fourth-order valence-corrected chi connectivity index (χ4v) is 7.59. The highest BCUT2D eigenvalue weighted by atomic mass is 79.9. The van der Waals surface area contributed by atoms with Crippen molar-refractivity contribution in [2.24, 2.45) is 5.92 Å². The van der Waals surface area contributed by atoms with Gasteiger partial charge >= 0.3 is 11.9 Å². The van der Waals surface area contributed by atoms with E-state index in [1.807, 2.05) is 72.8 Å². The third-order valence-electron chi connectivity index (χ3n) is 6.51. The lowest BCUT2D eigenvalue weighted by Gasteiger charge is -2.30. The molecule has 0 saturated carbocycles. The number of carbonyl (C=O) groups is 2. The second kappa shape index (κ2) is 12.5. The van der Waals surface area contributed by atoms with Crippen LogP contribution in [0, 0.1) is 5.92 Å². The van der Waals surface area contributed by atoms with Crippen molar-refractivity contribution in [3.05, 3.63) is 117 Å². The molecule has 0 N–H and O–H groups in total. The van der Waals surface area contributed by atoms with Crippen molar-refractivity contribution in [2.75, 3.05) is 6.16 Å². The third kappa shape index (κ3) is 6.74. The molecule has 6 nitrogen and oxygen atoms in total. The first kappa shape index (κ1) is 28.3. The van der Waals surface area contributed by atoms with Crippen LogP contribution in [0.4, 0.5) is 0 Å². The topological polar surface area (TPSA) is 78.9 Å². The van der Waals surface area contributed by atoms with Gasteiger partial charge in [-0.3, -0.25) is 14.2 Å². The second-order valence-corrected chi connectivity index (χ2v) is 13.6. The standard InChI is InChI=1S/C31H25Br2O6P/c32-24-13-9-21(10-14-24)18-37-30(34)17-23(31(35)38-19-22-11-15-25(33)16-12-22)20-40(36)29-8-4-2-6-27(29)26-5-1-3-7-28(26)39-40/h1-16,23H,17-20H2. The Morgan fingerprint density at radius 3 is 1.93 bits per heavy atom. The van der Waals surface area contributed by atoms with Gasteiger partial charge in [0.2, 0.25) is 0 Å². The van der Waals surface area contributed by atoms with E-state index in [0.717, 1.165) is 31.2 Å². The fourth-order valence-electron chi connectivity index (χ4n) is 4.48. The Morgan fingerprint density at radius 2 is 1.27 bits per heavy atom. The molecule has 204 valence electrons. The summed E-state index contributed by atoms with van der Waals surface area (Å²) < 4.78 is 33.5. The van der Waals surface area contributed by atoms with Crippen LogP contribution in [0.3, 0.4) is 0 Å². The number of esters is 2. The lowest BCUT2D eigenvalue weighted by Crippen LogP contribution is -2.30. The van der Waals surface area contributed by atoms with Gasteiger partial charge in [0, 0.05) is 14.5 Å². The van der Waals surface area contributed by atoms with Crippen LogP contribution in [0.25, 0.3) is 11.1 Å². The van der Waals surface area contributed by atoms with Crippen molar-refractivity contribution in [3.8, 4) is 16.9 Å². The number of fused-ring (bicyclic) bond motifs is 3. The van der Waals surface area contributed by atoms with Gasteiger partial charge in [-0.2, -0.15) is 0 Å². The fraction of sp³-hybridized carbons (Fsp3) is 0.161. The Balaban J connectivity index is 1.37. The molecule has 1 heterocycles. The van der Waals surface area contributed by atoms with Gasteiger partial charge in [-0.1, -0.05) is 92.5 Å². The summed E-state index contributed by atoms with van der Waals surface area (Å²) in [5.74, 6) is -1.80. The Hall–Kier alpha value is -3.19. The number of hydrogen-bond acceptors (Lipinski definition) is 6. The van der Waals surface area contributed by atoms with Gasteiger partial charge in [0.1, 0.15) is 19.0 Å². The van der Waals surface area contributed by atoms with E-state index in [4.69, 9.17) is 14.0 Å². The van der Waals surface area contributed by atoms with Crippen LogP contribution in [0.2, 0.25) is 0 Å². The first-order valence-corrected chi connectivity index (χ1v) is 16.0. The van der Waals surface area contributed by atoms with Crippen LogP contribution >= 0.6 is 39.2 Å². The Bertz CT molecular complexity index is 1570. The van der Waals surface area contributed by atoms with Crippen molar-refractivity contribution in [2.45, 2.75) is 19.6 Å². The molecule has 0 radical (unpaired) electrons. The molecule has 0 aromatic heterocycles. The number of benzene rings is 4. The van der Waals surface area contributed by atoms with Crippen molar-refractivity contribution in [3.63, 3.8) is 0 Å². The summed E-state index contributed by atoms with van der Waals surface area (Å²) in [5, 5.41) is 0.516. The zero-order valence-electron chi connectivity index (χ0n) is 21.3. The molecule has 4 aromatic carbocycles. The van der Waals surface area contributed by atoms with E-state index >= 15 is 0 Å². The molecule has 5 rings (SSSR count). The minimum atomic E-state index is -3.61. The smallest absolute Gasteiger partial charge is 0.310 e. The number of halogens is 2. The molecule has 2 atom stereocenters. The van der Waals surface area contributed by atoms with Gasteiger partial charge in [0.25, 0.3) is 7.37 Å². The van der Waals surface area contributed by atoms with E-state index in [9.17, 15) is 14.2 Å². The van der Waals surface area contributed by atoms with Crippen molar-refractivity contribution >= 4 is 56.5 Å². The summed E-state index contributed by atoms with van der Waals surface area (Å²) in [4.78, 5) is 26.3. The molecule has 0 bridgehead atoms. The maximum Gasteiger partial charge on any atom is 0.310 e. The highest BCUT2D eigenvalue weighted by Gasteiger charge is 2.41. The van der Waals surface area contributed by atoms with Crippen LogP contribution in [0.15, 0.2) is 106 Å². The number of ether oxygens (including phenoxy) is 2. The molecule has 0 spiro atoms. The molecule has 0 saturated heterocycles. The summed E-state index contributed by atoms with van der Waals surface area (Å²) in [5.41, 5.74) is 3.20. The average Bonchev–Trinajstić information content (AvgIpc) is 2.96. The summed E-state index contributed by atoms with van der Waals surface area (Å²) in [6.07, 6.45) is -0.502. The quantitative estimate of drug-likeness (QED) is 0.133. The van der Waals surface area contributed by atoms with E-state index < -0.39 is 25.2 Å². The lowest BCUT2D eigenvalue weighted by atomic mass is 10.0. The largest absolute Gasteiger partial charge is 0.461 e. The molecule has 0 amide bonds.